The summed E-state index contributed by atoms with van der Waals surface area (Å²) in [5.74, 6) is -3.09. The van der Waals surface area contributed by atoms with Crippen molar-refractivity contribution in [2.75, 3.05) is 0 Å². The molecule has 8 nitrogen and oxygen atoms in total. The Morgan fingerprint density at radius 1 is 0.848 bits per heavy atom. The average Bonchev–Trinajstić information content (AvgIpc) is 2.69. The largest absolute Gasteiger partial charge is 0.480 e. The van der Waals surface area contributed by atoms with Crippen molar-refractivity contribution in [1.29, 1.82) is 0 Å². The van der Waals surface area contributed by atoms with Crippen molar-refractivity contribution in [1.82, 2.24) is 10.6 Å². The number of carboxylic acid groups (broad SMARTS) is 1. The number of Topliss-reactive ketones (excluding diaryl/α,β-unsaturated/α-hetero) is 1. The third-order valence-corrected chi connectivity index (χ3v) is 5.49. The van der Waals surface area contributed by atoms with Gasteiger partial charge < -0.3 is 20.5 Å². The van der Waals surface area contributed by atoms with E-state index in [1.807, 2.05) is 41.5 Å². The van der Waals surface area contributed by atoms with Crippen molar-refractivity contribution in [2.45, 2.75) is 124 Å². The summed E-state index contributed by atoms with van der Waals surface area (Å²) >= 11 is 0. The molecule has 0 aliphatic carbocycles. The van der Waals surface area contributed by atoms with Crippen LogP contribution in [0.4, 0.5) is 0 Å². The van der Waals surface area contributed by atoms with Gasteiger partial charge in [0.25, 0.3) is 0 Å². The third-order valence-electron chi connectivity index (χ3n) is 5.49. The van der Waals surface area contributed by atoms with E-state index in [-0.39, 0.29) is 24.0 Å². The van der Waals surface area contributed by atoms with E-state index in [2.05, 4.69) is 10.6 Å². The normalized spacial score (nSPS) is 16.2. The quantitative estimate of drug-likeness (QED) is 0.295. The van der Waals surface area contributed by atoms with E-state index in [9.17, 15) is 24.3 Å². The highest BCUT2D eigenvalue weighted by Crippen LogP contribution is 2.17. The van der Waals surface area contributed by atoms with Crippen LogP contribution in [0.1, 0.15) is 100 Å². The average molecular weight is 471 g/mol. The summed E-state index contributed by atoms with van der Waals surface area (Å²) in [6, 6.07) is -1.87. The number of aliphatic carboxylic acids is 1. The molecule has 192 valence electrons. The minimum absolute atomic E-state index is 0.127. The molecule has 33 heavy (non-hydrogen) atoms. The van der Waals surface area contributed by atoms with Gasteiger partial charge in [-0.3, -0.25) is 14.4 Å². The summed E-state index contributed by atoms with van der Waals surface area (Å²) in [6.07, 6.45) is 3.72. The molecule has 0 unspecified atom stereocenters. The lowest BCUT2D eigenvalue weighted by Crippen LogP contribution is -2.52. The second-order valence-corrected chi connectivity index (χ2v) is 10.1. The van der Waals surface area contributed by atoms with E-state index in [1.165, 1.54) is 0 Å². The number of rotatable bonds is 16. The van der Waals surface area contributed by atoms with E-state index in [1.54, 1.807) is 13.8 Å². The molecule has 0 spiro atoms. The predicted octanol–water partition coefficient (Wildman–Crippen LogP) is 3.86. The van der Waals surface area contributed by atoms with Crippen LogP contribution in [0.15, 0.2) is 0 Å². The molecule has 5 atom stereocenters. The topological polar surface area (TPSA) is 122 Å². The fourth-order valence-corrected chi connectivity index (χ4v) is 3.64. The molecule has 0 aromatic rings. The molecular weight excluding hydrogens is 424 g/mol. The third kappa shape index (κ3) is 12.8. The van der Waals surface area contributed by atoms with Crippen LogP contribution in [-0.2, 0) is 23.9 Å². The van der Waals surface area contributed by atoms with Crippen LogP contribution >= 0.6 is 0 Å². The van der Waals surface area contributed by atoms with Crippen LogP contribution in [0.5, 0.6) is 0 Å². The molecule has 0 bridgehead atoms. The zero-order valence-corrected chi connectivity index (χ0v) is 21.8. The fourth-order valence-electron chi connectivity index (χ4n) is 3.64. The predicted molar refractivity (Wildman–Crippen MR) is 129 cm³/mol. The summed E-state index contributed by atoms with van der Waals surface area (Å²) in [4.78, 5) is 49.9. The zero-order chi connectivity index (χ0) is 25.8. The molecule has 0 radical (unpaired) electrons. The number of hydrogen-bond donors (Lipinski definition) is 3. The van der Waals surface area contributed by atoms with Gasteiger partial charge in [-0.25, -0.2) is 4.79 Å². The van der Waals surface area contributed by atoms with Gasteiger partial charge in [0.05, 0.1) is 11.7 Å². The van der Waals surface area contributed by atoms with Gasteiger partial charge in [0.15, 0.2) is 5.78 Å². The van der Waals surface area contributed by atoms with Crippen LogP contribution in [0.25, 0.3) is 0 Å². The molecule has 0 aromatic heterocycles. The van der Waals surface area contributed by atoms with Crippen LogP contribution in [0.3, 0.4) is 0 Å². The number of ether oxygens (including phenoxy) is 1. The number of carbonyl (C=O) groups excluding carboxylic acids is 3. The van der Waals surface area contributed by atoms with Crippen molar-refractivity contribution in [3.05, 3.63) is 0 Å². The summed E-state index contributed by atoms with van der Waals surface area (Å²) in [7, 11) is 0. The van der Waals surface area contributed by atoms with Gasteiger partial charge in [0.2, 0.25) is 11.8 Å². The number of unbranched alkanes of at least 4 members (excludes halogenated alkanes) is 2. The molecule has 0 aromatic carbocycles. The first-order valence-electron chi connectivity index (χ1n) is 12.3. The van der Waals surface area contributed by atoms with Crippen molar-refractivity contribution in [2.24, 2.45) is 11.8 Å². The minimum atomic E-state index is -1.08. The molecule has 3 N–H and O–H groups in total. The Morgan fingerprint density at radius 2 is 1.42 bits per heavy atom. The first-order valence-corrected chi connectivity index (χ1v) is 12.3. The molecule has 0 aliphatic rings. The first-order chi connectivity index (χ1) is 15.2. The number of amides is 2. The van der Waals surface area contributed by atoms with Gasteiger partial charge in [-0.2, -0.15) is 0 Å². The van der Waals surface area contributed by atoms with E-state index in [4.69, 9.17) is 4.74 Å². The van der Waals surface area contributed by atoms with Gasteiger partial charge in [-0.05, 0) is 40.5 Å². The van der Waals surface area contributed by atoms with Crippen molar-refractivity contribution in [3.63, 3.8) is 0 Å². The summed E-state index contributed by atoms with van der Waals surface area (Å²) in [6.45, 7) is 14.8. The highest BCUT2D eigenvalue weighted by Gasteiger charge is 2.33. The number of ketones is 1. The van der Waals surface area contributed by atoms with E-state index < -0.39 is 41.6 Å². The molecule has 0 heterocycles. The summed E-state index contributed by atoms with van der Waals surface area (Å²) in [5, 5.41) is 14.8. The molecule has 0 saturated heterocycles. The van der Waals surface area contributed by atoms with E-state index in [0.717, 1.165) is 19.3 Å². The van der Waals surface area contributed by atoms with E-state index in [0.29, 0.717) is 19.3 Å². The molecule has 0 fully saturated rings. The Morgan fingerprint density at radius 3 is 1.91 bits per heavy atom. The Bertz CT molecular complexity index is 643. The molecule has 0 saturated carbocycles. The van der Waals surface area contributed by atoms with Crippen LogP contribution < -0.4 is 10.6 Å². The molecular formula is C25H46N2O6. The number of carboxylic acids is 1. The lowest BCUT2D eigenvalue weighted by Gasteiger charge is -2.31. The zero-order valence-electron chi connectivity index (χ0n) is 21.8. The SMILES string of the molecule is CCCCC[C@H](NC(=O)[C@H](C)CC(=O)[C@@H](NC(=O)[C@@H](C)CCC)[C@@H](C)OC(C)(C)C)C(=O)O. The Labute approximate surface area is 199 Å². The number of hydrogen-bond acceptors (Lipinski definition) is 5. The second-order valence-electron chi connectivity index (χ2n) is 10.1. The van der Waals surface area contributed by atoms with Gasteiger partial charge in [-0.1, -0.05) is 53.4 Å². The fraction of sp³-hybridized carbons (Fsp3) is 0.840. The van der Waals surface area contributed by atoms with Crippen molar-refractivity contribution < 1.29 is 29.0 Å². The number of carbonyl (C=O) groups is 4. The maximum Gasteiger partial charge on any atom is 0.326 e. The van der Waals surface area contributed by atoms with Gasteiger partial charge in [0, 0.05) is 18.3 Å². The molecule has 8 heteroatoms. The lowest BCUT2D eigenvalue weighted by molar-refractivity contribution is -0.143. The minimum Gasteiger partial charge on any atom is -0.480 e. The Kier molecular flexibility index (Phi) is 14.1. The molecule has 0 rings (SSSR count). The van der Waals surface area contributed by atoms with Gasteiger partial charge in [-0.15, -0.1) is 0 Å². The highest BCUT2D eigenvalue weighted by molar-refractivity contribution is 5.93. The summed E-state index contributed by atoms with van der Waals surface area (Å²) < 4.78 is 5.94. The highest BCUT2D eigenvalue weighted by atomic mass is 16.5. The van der Waals surface area contributed by atoms with Crippen molar-refractivity contribution >= 4 is 23.6 Å². The molecule has 0 aliphatic heterocycles. The molecule has 2 amide bonds. The summed E-state index contributed by atoms with van der Waals surface area (Å²) in [5.41, 5.74) is -0.520. The maximum atomic E-state index is 13.1. The first kappa shape index (κ1) is 31.0. The Hall–Kier alpha value is -1.96. The Balaban J connectivity index is 5.31. The van der Waals surface area contributed by atoms with Gasteiger partial charge in [0.1, 0.15) is 12.1 Å². The monoisotopic (exact) mass is 470 g/mol. The van der Waals surface area contributed by atoms with Gasteiger partial charge >= 0.3 is 5.97 Å². The standard InChI is InChI=1S/C25H46N2O6/c1-9-11-12-14-19(24(31)32)26-23(30)17(4)15-20(28)21(18(5)33-25(6,7)8)27-22(29)16(3)13-10-2/h16-19,21H,9-15H2,1-8H3,(H,26,30)(H,27,29)(H,31,32)/t16-,17+,18+,19-,21-/m0/s1. The van der Waals surface area contributed by atoms with Crippen LogP contribution in [-0.4, -0.2) is 52.5 Å². The lowest BCUT2D eigenvalue weighted by atomic mass is 9.95. The van der Waals surface area contributed by atoms with Crippen LogP contribution in [0.2, 0.25) is 0 Å². The maximum absolute atomic E-state index is 13.1. The van der Waals surface area contributed by atoms with Crippen LogP contribution in [0, 0.1) is 11.8 Å². The smallest absolute Gasteiger partial charge is 0.326 e. The second kappa shape index (κ2) is 15.0. The number of nitrogens with one attached hydrogen (secondary N) is 2. The van der Waals surface area contributed by atoms with Crippen molar-refractivity contribution in [3.8, 4) is 0 Å². The van der Waals surface area contributed by atoms with E-state index >= 15 is 0 Å².